The molecule has 0 aliphatic rings. The molecule has 1 aromatic rings. The second kappa shape index (κ2) is 7.01. The number of hydrogen-bond acceptors (Lipinski definition) is 6. The van der Waals surface area contributed by atoms with Gasteiger partial charge in [-0.3, -0.25) is 0 Å². The lowest BCUT2D eigenvalue weighted by atomic mass is 10.3. The molecule has 7 nitrogen and oxygen atoms in total. The number of nitrogens with two attached hydrogens (primary N) is 1. The Morgan fingerprint density at radius 3 is 2.79 bits per heavy atom. The normalized spacial score (nSPS) is 13.3. The van der Waals surface area contributed by atoms with Crippen molar-refractivity contribution in [1.82, 2.24) is 9.71 Å². The molecule has 1 rings (SSSR count). The minimum absolute atomic E-state index is 0.0132. The summed E-state index contributed by atoms with van der Waals surface area (Å²) >= 11 is 5.84. The molecule has 1 unspecified atom stereocenters. The fourth-order valence-electron chi connectivity index (χ4n) is 1.36. The lowest BCUT2D eigenvalue weighted by molar-refractivity contribution is 0.188. The third-order valence-corrected chi connectivity index (χ3v) is 4.22. The molecule has 108 valence electrons. The summed E-state index contributed by atoms with van der Waals surface area (Å²) in [5.74, 6) is 5.39. The van der Waals surface area contributed by atoms with Crippen LogP contribution in [-0.4, -0.2) is 33.2 Å². The lowest BCUT2D eigenvalue weighted by Gasteiger charge is -2.14. The van der Waals surface area contributed by atoms with Crippen molar-refractivity contribution >= 4 is 27.4 Å². The van der Waals surface area contributed by atoms with E-state index in [1.165, 1.54) is 12.3 Å². The first-order chi connectivity index (χ1) is 8.90. The molecule has 0 spiro atoms. The summed E-state index contributed by atoms with van der Waals surface area (Å²) in [6.45, 7) is 2.22. The maximum absolute atomic E-state index is 12.1. The van der Waals surface area contributed by atoms with Gasteiger partial charge in [0.2, 0.25) is 10.0 Å². The lowest BCUT2D eigenvalue weighted by Crippen LogP contribution is -2.33. The number of anilines is 1. The monoisotopic (exact) mass is 308 g/mol. The highest BCUT2D eigenvalue weighted by Gasteiger charge is 2.19. The minimum atomic E-state index is -3.66. The van der Waals surface area contributed by atoms with Crippen molar-refractivity contribution in [3.8, 4) is 0 Å². The van der Waals surface area contributed by atoms with Gasteiger partial charge >= 0.3 is 0 Å². The van der Waals surface area contributed by atoms with Crippen molar-refractivity contribution in [3.05, 3.63) is 17.3 Å². The molecule has 1 aromatic heterocycles. The average Bonchev–Trinajstić information content (AvgIpc) is 2.35. The second-order valence-electron chi connectivity index (χ2n) is 3.95. The van der Waals surface area contributed by atoms with E-state index >= 15 is 0 Å². The van der Waals surface area contributed by atoms with Gasteiger partial charge in [-0.05, 0) is 19.4 Å². The summed E-state index contributed by atoms with van der Waals surface area (Å²) in [6, 6.07) is 1.03. The number of sulfonamides is 1. The zero-order valence-corrected chi connectivity index (χ0v) is 12.3. The highest BCUT2D eigenvalue weighted by molar-refractivity contribution is 7.89. The first-order valence-electron chi connectivity index (χ1n) is 5.54. The number of rotatable bonds is 7. The molecule has 0 bridgehead atoms. The van der Waals surface area contributed by atoms with E-state index in [1.807, 2.05) is 0 Å². The van der Waals surface area contributed by atoms with E-state index in [0.29, 0.717) is 13.0 Å². The predicted molar refractivity (Wildman–Crippen MR) is 73.3 cm³/mol. The van der Waals surface area contributed by atoms with Crippen LogP contribution in [0, 0.1) is 0 Å². The van der Waals surface area contributed by atoms with Gasteiger partial charge in [0.15, 0.2) is 5.82 Å². The molecule has 1 heterocycles. The molecule has 0 saturated heterocycles. The SMILES string of the molecule is COCCC(C)NS(=O)(=O)c1cnc(NN)c(Cl)c1. The number of halogens is 1. The molecule has 0 aliphatic heterocycles. The molecular formula is C10H17ClN4O3S. The smallest absolute Gasteiger partial charge is 0.242 e. The highest BCUT2D eigenvalue weighted by atomic mass is 35.5. The summed E-state index contributed by atoms with van der Waals surface area (Å²) in [5, 5.41) is 0.134. The predicted octanol–water partition coefficient (Wildman–Crippen LogP) is 0.724. The van der Waals surface area contributed by atoms with Gasteiger partial charge in [0.05, 0.1) is 5.02 Å². The van der Waals surface area contributed by atoms with E-state index < -0.39 is 10.0 Å². The van der Waals surface area contributed by atoms with E-state index in [9.17, 15) is 8.42 Å². The van der Waals surface area contributed by atoms with Crippen molar-refractivity contribution in [1.29, 1.82) is 0 Å². The number of methoxy groups -OCH3 is 1. The quantitative estimate of drug-likeness (QED) is 0.506. The Bertz CT molecular complexity index is 524. The third-order valence-electron chi connectivity index (χ3n) is 2.37. The van der Waals surface area contributed by atoms with Gasteiger partial charge in [-0.15, -0.1) is 0 Å². The number of hydrogen-bond donors (Lipinski definition) is 3. The Morgan fingerprint density at radius 1 is 1.58 bits per heavy atom. The number of nitrogen functional groups attached to an aromatic ring is 1. The first-order valence-corrected chi connectivity index (χ1v) is 7.40. The van der Waals surface area contributed by atoms with Crippen LogP contribution >= 0.6 is 11.6 Å². The summed E-state index contributed by atoms with van der Waals surface area (Å²) in [5.41, 5.74) is 2.27. The second-order valence-corrected chi connectivity index (χ2v) is 6.07. The number of nitrogens with zero attached hydrogens (tertiary/aromatic N) is 1. The molecule has 0 fully saturated rings. The Hall–Kier alpha value is -0.930. The molecule has 4 N–H and O–H groups in total. The van der Waals surface area contributed by atoms with Crippen LogP contribution in [-0.2, 0) is 14.8 Å². The van der Waals surface area contributed by atoms with E-state index in [4.69, 9.17) is 22.2 Å². The zero-order valence-electron chi connectivity index (χ0n) is 10.7. The molecule has 0 amide bonds. The summed E-state index contributed by atoms with van der Waals surface area (Å²) in [4.78, 5) is 3.81. The minimum Gasteiger partial charge on any atom is -0.385 e. The van der Waals surface area contributed by atoms with Crippen LogP contribution in [0.4, 0.5) is 5.82 Å². The van der Waals surface area contributed by atoms with Gasteiger partial charge in [0.25, 0.3) is 0 Å². The number of pyridine rings is 1. The standard InChI is InChI=1S/C10H17ClN4O3S/c1-7(3-4-18-2)15-19(16,17)8-5-9(11)10(14-12)13-6-8/h5-7,15H,3-4,12H2,1-2H3,(H,13,14). The molecule has 1 atom stereocenters. The van der Waals surface area contributed by atoms with Crippen LogP contribution in [0.1, 0.15) is 13.3 Å². The van der Waals surface area contributed by atoms with Crippen molar-refractivity contribution in [3.63, 3.8) is 0 Å². The Kier molecular flexibility index (Phi) is 5.95. The molecule has 19 heavy (non-hydrogen) atoms. The van der Waals surface area contributed by atoms with E-state index in [2.05, 4.69) is 15.1 Å². The third kappa shape index (κ3) is 4.59. The van der Waals surface area contributed by atoms with Crippen molar-refractivity contribution in [2.75, 3.05) is 19.1 Å². The van der Waals surface area contributed by atoms with Crippen molar-refractivity contribution in [2.24, 2.45) is 5.84 Å². The Labute approximate surface area is 117 Å². The number of ether oxygens (including phenoxy) is 1. The number of hydrazine groups is 1. The largest absolute Gasteiger partial charge is 0.385 e. The van der Waals surface area contributed by atoms with Gasteiger partial charge in [-0.1, -0.05) is 11.6 Å². The summed E-state index contributed by atoms with van der Waals surface area (Å²) in [6.07, 6.45) is 1.76. The van der Waals surface area contributed by atoms with Crippen LogP contribution in [0.25, 0.3) is 0 Å². The van der Waals surface area contributed by atoms with Crippen LogP contribution in [0.15, 0.2) is 17.2 Å². The van der Waals surface area contributed by atoms with Gasteiger partial charge < -0.3 is 10.2 Å². The maximum Gasteiger partial charge on any atom is 0.242 e. The van der Waals surface area contributed by atoms with Crippen LogP contribution in [0.2, 0.25) is 5.02 Å². The average molecular weight is 309 g/mol. The van der Waals surface area contributed by atoms with Gasteiger partial charge in [0, 0.05) is 26.0 Å². The van der Waals surface area contributed by atoms with Crippen molar-refractivity contribution < 1.29 is 13.2 Å². The zero-order chi connectivity index (χ0) is 14.5. The molecule has 0 aliphatic carbocycles. The highest BCUT2D eigenvalue weighted by Crippen LogP contribution is 2.21. The Morgan fingerprint density at radius 2 is 2.26 bits per heavy atom. The summed E-state index contributed by atoms with van der Waals surface area (Å²) in [7, 11) is -2.10. The molecular weight excluding hydrogens is 292 g/mol. The molecule has 0 aromatic carbocycles. The van der Waals surface area contributed by atoms with Gasteiger partial charge in [0.1, 0.15) is 4.90 Å². The first kappa shape index (κ1) is 16.1. The molecule has 9 heteroatoms. The topological polar surface area (TPSA) is 106 Å². The fraction of sp³-hybridized carbons (Fsp3) is 0.500. The van der Waals surface area contributed by atoms with E-state index in [0.717, 1.165) is 0 Å². The number of aromatic nitrogens is 1. The Balaban J connectivity index is 2.85. The molecule has 0 radical (unpaired) electrons. The summed E-state index contributed by atoms with van der Waals surface area (Å²) < 4.78 is 31.5. The molecule has 0 saturated carbocycles. The number of nitrogens with one attached hydrogen (secondary N) is 2. The van der Waals surface area contributed by atoms with Crippen molar-refractivity contribution in [2.45, 2.75) is 24.3 Å². The van der Waals surface area contributed by atoms with E-state index in [-0.39, 0.29) is 21.8 Å². The van der Waals surface area contributed by atoms with E-state index in [1.54, 1.807) is 14.0 Å². The maximum atomic E-state index is 12.1. The van der Waals surface area contributed by atoms with Gasteiger partial charge in [-0.2, -0.15) is 0 Å². The fourth-order valence-corrected chi connectivity index (χ4v) is 2.89. The van der Waals surface area contributed by atoms with Crippen LogP contribution < -0.4 is 16.0 Å². The van der Waals surface area contributed by atoms with Crippen LogP contribution in [0.5, 0.6) is 0 Å². The van der Waals surface area contributed by atoms with Crippen LogP contribution in [0.3, 0.4) is 0 Å². The van der Waals surface area contributed by atoms with Gasteiger partial charge in [-0.25, -0.2) is 24.0 Å².